The van der Waals surface area contributed by atoms with Gasteiger partial charge in [-0.05, 0) is 22.0 Å². The van der Waals surface area contributed by atoms with Crippen LogP contribution in [-0.4, -0.2) is 44.2 Å². The number of carbonyl (C=O) groups excluding carboxylic acids is 2. The maximum absolute atomic E-state index is 12.0. The summed E-state index contributed by atoms with van der Waals surface area (Å²) < 4.78 is 27.9. The summed E-state index contributed by atoms with van der Waals surface area (Å²) in [5.41, 5.74) is 0.122. The van der Waals surface area contributed by atoms with E-state index in [0.717, 1.165) is 0 Å². The number of nitrogens with zero attached hydrogens (tertiary/aromatic N) is 2. The number of hydrogen-bond donors (Lipinski definition) is 1. The molecule has 2 heterocycles. The van der Waals surface area contributed by atoms with Gasteiger partial charge in [-0.25, -0.2) is 23.3 Å². The van der Waals surface area contributed by atoms with Crippen LogP contribution < -0.4 is 10.0 Å². The third-order valence-corrected chi connectivity index (χ3v) is 4.74. The van der Waals surface area contributed by atoms with Gasteiger partial charge in [-0.1, -0.05) is 0 Å². The molecular formula is C11H12BrN3O5S. The predicted octanol–water partition coefficient (Wildman–Crippen LogP) is 0.0245. The van der Waals surface area contributed by atoms with Crippen LogP contribution in [0.15, 0.2) is 16.7 Å². The number of rotatable bonds is 3. The van der Waals surface area contributed by atoms with E-state index in [1.807, 2.05) is 0 Å². The second-order valence-electron chi connectivity index (χ2n) is 4.43. The molecule has 1 aliphatic heterocycles. The van der Waals surface area contributed by atoms with Gasteiger partial charge in [-0.2, -0.15) is 0 Å². The van der Waals surface area contributed by atoms with Crippen molar-refractivity contribution < 1.29 is 22.7 Å². The molecule has 1 aliphatic rings. The minimum absolute atomic E-state index is 0.0656. The highest BCUT2D eigenvalue weighted by Gasteiger charge is 2.39. The van der Waals surface area contributed by atoms with E-state index < -0.39 is 27.1 Å². The fourth-order valence-electron chi connectivity index (χ4n) is 2.02. The number of aromatic nitrogens is 1. The van der Waals surface area contributed by atoms with E-state index in [9.17, 15) is 18.0 Å². The maximum Gasteiger partial charge on any atom is 0.358 e. The van der Waals surface area contributed by atoms with Crippen LogP contribution in [0.5, 0.6) is 0 Å². The van der Waals surface area contributed by atoms with E-state index in [0.29, 0.717) is 4.47 Å². The molecule has 114 valence electrons. The summed E-state index contributed by atoms with van der Waals surface area (Å²) in [5, 5.41) is 4.07. The largest absolute Gasteiger partial charge is 0.464 e. The average molecular weight is 378 g/mol. The van der Waals surface area contributed by atoms with Crippen molar-refractivity contribution in [1.82, 2.24) is 4.98 Å². The molecule has 1 aromatic heterocycles. The van der Waals surface area contributed by atoms with Gasteiger partial charge in [0.1, 0.15) is 5.25 Å². The minimum atomic E-state index is -3.84. The predicted molar refractivity (Wildman–Crippen MR) is 77.1 cm³/mol. The fourth-order valence-corrected chi connectivity index (χ4v) is 3.07. The highest BCUT2D eigenvalue weighted by atomic mass is 79.9. The lowest BCUT2D eigenvalue weighted by atomic mass is 10.2. The van der Waals surface area contributed by atoms with Gasteiger partial charge in [0.05, 0.1) is 12.8 Å². The molecule has 0 spiro atoms. The Morgan fingerprint density at radius 1 is 1.57 bits per heavy atom. The summed E-state index contributed by atoms with van der Waals surface area (Å²) in [5.74, 6) is -1.16. The van der Waals surface area contributed by atoms with Crippen molar-refractivity contribution in [2.24, 2.45) is 5.14 Å². The normalized spacial score (nSPS) is 18.9. The number of esters is 1. The Morgan fingerprint density at radius 3 is 2.76 bits per heavy atom. The number of ether oxygens (including phenoxy) is 1. The van der Waals surface area contributed by atoms with Crippen LogP contribution in [0.2, 0.25) is 0 Å². The third-order valence-electron chi connectivity index (χ3n) is 3.06. The highest BCUT2D eigenvalue weighted by Crippen LogP contribution is 2.29. The number of primary sulfonamides is 1. The summed E-state index contributed by atoms with van der Waals surface area (Å²) in [4.78, 5) is 28.8. The first-order chi connectivity index (χ1) is 9.74. The molecule has 1 fully saturated rings. The third kappa shape index (κ3) is 3.22. The van der Waals surface area contributed by atoms with E-state index in [1.54, 1.807) is 0 Å². The monoisotopic (exact) mass is 377 g/mol. The second kappa shape index (κ2) is 5.70. The first-order valence-electron chi connectivity index (χ1n) is 5.80. The molecule has 0 radical (unpaired) electrons. The Balaban J connectivity index is 2.45. The number of carbonyl (C=O) groups is 2. The quantitative estimate of drug-likeness (QED) is 0.741. The Hall–Kier alpha value is -1.52. The Morgan fingerprint density at radius 2 is 2.24 bits per heavy atom. The Kier molecular flexibility index (Phi) is 4.30. The SMILES string of the molecule is COC(=O)c1ncc(Br)cc1N1CC(S(N)(=O)=O)CC1=O. The van der Waals surface area contributed by atoms with Crippen molar-refractivity contribution in [2.75, 3.05) is 18.6 Å². The van der Waals surface area contributed by atoms with Crippen LogP contribution in [0.3, 0.4) is 0 Å². The van der Waals surface area contributed by atoms with Gasteiger partial charge in [0.25, 0.3) is 0 Å². The van der Waals surface area contributed by atoms with Crippen molar-refractivity contribution in [1.29, 1.82) is 0 Å². The van der Waals surface area contributed by atoms with Crippen LogP contribution in [0.4, 0.5) is 5.69 Å². The molecule has 1 amide bonds. The summed E-state index contributed by atoms with van der Waals surface area (Å²) in [6.45, 7) is -0.125. The number of amides is 1. The van der Waals surface area contributed by atoms with Crippen LogP contribution >= 0.6 is 15.9 Å². The van der Waals surface area contributed by atoms with Crippen molar-refractivity contribution in [2.45, 2.75) is 11.7 Å². The lowest BCUT2D eigenvalue weighted by molar-refractivity contribution is -0.117. The number of hydrogen-bond acceptors (Lipinski definition) is 6. The zero-order valence-corrected chi connectivity index (χ0v) is 13.3. The second-order valence-corrected chi connectivity index (χ2v) is 7.19. The molecular weight excluding hydrogens is 366 g/mol. The number of nitrogens with two attached hydrogens (primary N) is 1. The fraction of sp³-hybridized carbons (Fsp3) is 0.364. The van der Waals surface area contributed by atoms with E-state index in [4.69, 9.17) is 5.14 Å². The molecule has 2 rings (SSSR count). The minimum Gasteiger partial charge on any atom is -0.464 e. The maximum atomic E-state index is 12.0. The summed E-state index contributed by atoms with van der Waals surface area (Å²) in [6.07, 6.45) is 1.15. The lowest BCUT2D eigenvalue weighted by Gasteiger charge is -2.18. The molecule has 0 aliphatic carbocycles. The first-order valence-corrected chi connectivity index (χ1v) is 8.20. The van der Waals surface area contributed by atoms with Gasteiger partial charge in [0.15, 0.2) is 5.69 Å². The van der Waals surface area contributed by atoms with Crippen molar-refractivity contribution in [3.63, 3.8) is 0 Å². The number of anilines is 1. The average Bonchev–Trinajstić information content (AvgIpc) is 2.79. The Bertz CT molecular complexity index is 706. The molecule has 8 nitrogen and oxygen atoms in total. The summed E-state index contributed by atoms with van der Waals surface area (Å²) in [6, 6.07) is 1.50. The first kappa shape index (κ1) is 15.9. The molecule has 0 saturated carbocycles. The number of pyridine rings is 1. The van der Waals surface area contributed by atoms with Crippen molar-refractivity contribution in [3.8, 4) is 0 Å². The van der Waals surface area contributed by atoms with Crippen molar-refractivity contribution in [3.05, 3.63) is 22.4 Å². The molecule has 0 aromatic carbocycles. The molecule has 1 atom stereocenters. The van der Waals surface area contributed by atoms with E-state index >= 15 is 0 Å². The molecule has 1 saturated heterocycles. The van der Waals surface area contributed by atoms with Crippen molar-refractivity contribution >= 4 is 43.5 Å². The molecule has 1 aromatic rings. The van der Waals surface area contributed by atoms with Gasteiger partial charge >= 0.3 is 5.97 Å². The van der Waals surface area contributed by atoms with E-state index in [-0.39, 0.29) is 24.3 Å². The zero-order valence-electron chi connectivity index (χ0n) is 10.9. The molecule has 21 heavy (non-hydrogen) atoms. The smallest absolute Gasteiger partial charge is 0.358 e. The number of methoxy groups -OCH3 is 1. The van der Waals surface area contributed by atoms with E-state index in [1.165, 1.54) is 24.3 Å². The standard InChI is InChI=1S/C11H12BrN3O5S/c1-20-11(17)10-8(2-6(12)4-14-10)15-5-7(3-9(15)16)21(13,18)19/h2,4,7H,3,5H2,1H3,(H2,13,18,19). The van der Waals surface area contributed by atoms with Gasteiger partial charge < -0.3 is 9.64 Å². The molecule has 0 bridgehead atoms. The van der Waals surface area contributed by atoms with Gasteiger partial charge in [-0.15, -0.1) is 0 Å². The van der Waals surface area contributed by atoms with Gasteiger partial charge in [0.2, 0.25) is 15.9 Å². The molecule has 1 unspecified atom stereocenters. The van der Waals surface area contributed by atoms with Gasteiger partial charge in [-0.3, -0.25) is 4.79 Å². The lowest BCUT2D eigenvalue weighted by Crippen LogP contribution is -2.33. The van der Waals surface area contributed by atoms with Crippen LogP contribution in [0.1, 0.15) is 16.9 Å². The molecule has 2 N–H and O–H groups in total. The number of sulfonamides is 1. The van der Waals surface area contributed by atoms with Gasteiger partial charge in [0, 0.05) is 23.6 Å². The zero-order chi connectivity index (χ0) is 15.8. The van der Waals surface area contributed by atoms with E-state index in [2.05, 4.69) is 25.7 Å². The van der Waals surface area contributed by atoms with Crippen LogP contribution in [0.25, 0.3) is 0 Å². The van der Waals surface area contributed by atoms with Crippen LogP contribution in [0, 0.1) is 0 Å². The summed E-state index contributed by atoms with van der Waals surface area (Å²) in [7, 11) is -2.65. The summed E-state index contributed by atoms with van der Waals surface area (Å²) >= 11 is 3.19. The molecule has 10 heteroatoms. The van der Waals surface area contributed by atoms with Crippen LogP contribution in [-0.2, 0) is 19.6 Å². The highest BCUT2D eigenvalue weighted by molar-refractivity contribution is 9.10. The Labute approximate surface area is 129 Å². The number of halogens is 1. The topological polar surface area (TPSA) is 120 Å².